The fourth-order valence-electron chi connectivity index (χ4n) is 3.47. The minimum Gasteiger partial charge on any atom is -0.347 e. The number of rotatable bonds is 6. The molecule has 1 atom stereocenters. The zero-order valence-corrected chi connectivity index (χ0v) is 16.5. The molecule has 8 heteroatoms. The predicted molar refractivity (Wildman–Crippen MR) is 107 cm³/mol. The summed E-state index contributed by atoms with van der Waals surface area (Å²) >= 11 is 0. The molecule has 0 unspecified atom stereocenters. The number of likely N-dealkylation sites (tertiary alicyclic amines) is 1. The largest absolute Gasteiger partial charge is 0.347 e. The average molecular weight is 396 g/mol. The molecule has 1 saturated heterocycles. The molecule has 3 amide bonds. The molecule has 2 heterocycles. The molecule has 0 bridgehead atoms. The first kappa shape index (κ1) is 20.4. The van der Waals surface area contributed by atoms with E-state index in [1.54, 1.807) is 38.2 Å². The minimum absolute atomic E-state index is 0.161. The summed E-state index contributed by atoms with van der Waals surface area (Å²) in [6.07, 6.45) is 2.63. The number of carbonyl (C=O) groups excluding carboxylic acids is 4. The van der Waals surface area contributed by atoms with Crippen LogP contribution in [0.4, 0.5) is 0 Å². The summed E-state index contributed by atoms with van der Waals surface area (Å²) in [5, 5.41) is 5.88. The number of nitrogens with one attached hydrogen (secondary N) is 2. The van der Waals surface area contributed by atoms with Crippen molar-refractivity contribution in [3.63, 3.8) is 0 Å². The highest BCUT2D eigenvalue weighted by Gasteiger charge is 2.37. The number of hydrogen-bond donors (Lipinski definition) is 2. The van der Waals surface area contributed by atoms with E-state index >= 15 is 0 Å². The van der Waals surface area contributed by atoms with E-state index in [1.807, 2.05) is 12.1 Å². The van der Waals surface area contributed by atoms with Crippen molar-refractivity contribution < 1.29 is 19.2 Å². The van der Waals surface area contributed by atoms with Crippen LogP contribution in [0.1, 0.15) is 37.0 Å². The molecule has 1 aliphatic rings. The Morgan fingerprint density at radius 2 is 1.93 bits per heavy atom. The molecule has 2 N–H and O–H groups in total. The third-order valence-electron chi connectivity index (χ3n) is 4.81. The van der Waals surface area contributed by atoms with Crippen molar-refractivity contribution in [3.05, 3.63) is 42.1 Å². The van der Waals surface area contributed by atoms with Crippen LogP contribution < -0.4 is 10.6 Å². The van der Waals surface area contributed by atoms with Gasteiger partial charge in [-0.3, -0.25) is 24.2 Å². The molecule has 0 aliphatic carbocycles. The summed E-state index contributed by atoms with van der Waals surface area (Å²) in [4.78, 5) is 55.2. The number of Topliss-reactive ketones (excluding diaryl/α,β-unsaturated/α-hetero) is 1. The van der Waals surface area contributed by atoms with Crippen molar-refractivity contribution in [3.8, 4) is 0 Å². The topological polar surface area (TPSA) is 108 Å². The molecular weight excluding hydrogens is 372 g/mol. The predicted octanol–water partition coefficient (Wildman–Crippen LogP) is 1.05. The second kappa shape index (κ2) is 8.81. The van der Waals surface area contributed by atoms with Crippen molar-refractivity contribution in [2.75, 3.05) is 13.1 Å². The van der Waals surface area contributed by atoms with Gasteiger partial charge in [0.15, 0.2) is 0 Å². The van der Waals surface area contributed by atoms with E-state index in [4.69, 9.17) is 0 Å². The second-order valence-electron chi connectivity index (χ2n) is 7.30. The van der Waals surface area contributed by atoms with Gasteiger partial charge >= 0.3 is 0 Å². The fraction of sp³-hybridized carbons (Fsp3) is 0.381. The van der Waals surface area contributed by atoms with Gasteiger partial charge in [0.05, 0.1) is 17.6 Å². The minimum atomic E-state index is -0.778. The molecule has 0 radical (unpaired) electrons. The number of amides is 3. The van der Waals surface area contributed by atoms with Gasteiger partial charge in [-0.25, -0.2) is 0 Å². The smallest absolute Gasteiger partial charge is 0.289 e. The maximum Gasteiger partial charge on any atom is 0.289 e. The highest BCUT2D eigenvalue weighted by atomic mass is 16.2. The van der Waals surface area contributed by atoms with Gasteiger partial charge in [-0.05, 0) is 38.8 Å². The van der Waals surface area contributed by atoms with Crippen LogP contribution >= 0.6 is 0 Å². The average Bonchev–Trinajstić information content (AvgIpc) is 3.20. The van der Waals surface area contributed by atoms with E-state index in [0.29, 0.717) is 35.9 Å². The number of para-hydroxylation sites is 1. The first-order valence-corrected chi connectivity index (χ1v) is 9.64. The Morgan fingerprint density at radius 1 is 1.17 bits per heavy atom. The number of ketones is 1. The van der Waals surface area contributed by atoms with Crippen LogP contribution in [0.15, 0.2) is 36.5 Å². The standard InChI is InChI=1S/C21H24N4O4/c1-13(2)24-21(29)19(27)17-8-5-11-25(17)18(26)12-23-20(28)15-9-10-22-16-7-4-3-6-14(15)16/h3-4,6-7,9-10,13,17H,5,8,11-12H2,1-2H3,(H,23,28)(H,24,29)/t17-/m0/s1. The number of fused-ring (bicyclic) bond motifs is 1. The molecule has 8 nitrogen and oxygen atoms in total. The van der Waals surface area contributed by atoms with E-state index in [9.17, 15) is 19.2 Å². The third kappa shape index (κ3) is 4.59. The Kier molecular flexibility index (Phi) is 6.21. The van der Waals surface area contributed by atoms with Crippen LogP contribution in [-0.4, -0.2) is 58.6 Å². The summed E-state index contributed by atoms with van der Waals surface area (Å²) in [6, 6.07) is 7.91. The van der Waals surface area contributed by atoms with Gasteiger partial charge in [0.25, 0.3) is 11.8 Å². The molecule has 2 aromatic rings. The molecule has 29 heavy (non-hydrogen) atoms. The molecule has 1 aromatic heterocycles. The molecule has 1 aliphatic heterocycles. The Morgan fingerprint density at radius 3 is 2.69 bits per heavy atom. The van der Waals surface area contributed by atoms with E-state index in [-0.39, 0.29) is 18.5 Å². The first-order valence-electron chi connectivity index (χ1n) is 9.64. The van der Waals surface area contributed by atoms with E-state index in [2.05, 4.69) is 15.6 Å². The zero-order valence-electron chi connectivity index (χ0n) is 16.5. The summed E-state index contributed by atoms with van der Waals surface area (Å²) in [5.41, 5.74) is 1.11. The van der Waals surface area contributed by atoms with Gasteiger partial charge in [0, 0.05) is 24.2 Å². The molecule has 1 fully saturated rings. The Balaban J connectivity index is 1.64. The number of nitrogens with zero attached hydrogens (tertiary/aromatic N) is 2. The van der Waals surface area contributed by atoms with Crippen molar-refractivity contribution in [1.29, 1.82) is 0 Å². The van der Waals surface area contributed by atoms with Crippen LogP contribution in [0.2, 0.25) is 0 Å². The van der Waals surface area contributed by atoms with Gasteiger partial charge in [0.2, 0.25) is 11.7 Å². The molecule has 3 rings (SSSR count). The maximum absolute atomic E-state index is 12.6. The number of hydrogen-bond acceptors (Lipinski definition) is 5. The van der Waals surface area contributed by atoms with Crippen molar-refractivity contribution in [2.45, 2.75) is 38.8 Å². The van der Waals surface area contributed by atoms with Crippen LogP contribution in [-0.2, 0) is 14.4 Å². The van der Waals surface area contributed by atoms with Crippen LogP contribution in [0.3, 0.4) is 0 Å². The monoisotopic (exact) mass is 396 g/mol. The second-order valence-corrected chi connectivity index (χ2v) is 7.30. The van der Waals surface area contributed by atoms with Crippen LogP contribution in [0.5, 0.6) is 0 Å². The number of carbonyl (C=O) groups is 4. The van der Waals surface area contributed by atoms with Crippen LogP contribution in [0, 0.1) is 0 Å². The number of benzene rings is 1. The highest BCUT2D eigenvalue weighted by Crippen LogP contribution is 2.19. The lowest BCUT2D eigenvalue weighted by atomic mass is 10.1. The zero-order chi connectivity index (χ0) is 21.0. The molecular formula is C21H24N4O4. The van der Waals surface area contributed by atoms with E-state index in [0.717, 1.165) is 0 Å². The van der Waals surface area contributed by atoms with Crippen molar-refractivity contribution in [2.24, 2.45) is 0 Å². The lowest BCUT2D eigenvalue weighted by Crippen LogP contribution is -2.50. The first-order chi connectivity index (χ1) is 13.9. The lowest BCUT2D eigenvalue weighted by Gasteiger charge is -2.23. The Bertz CT molecular complexity index is 951. The van der Waals surface area contributed by atoms with Crippen molar-refractivity contribution in [1.82, 2.24) is 20.5 Å². The molecule has 1 aromatic carbocycles. The Labute approximate surface area is 168 Å². The van der Waals surface area contributed by atoms with Gasteiger partial charge < -0.3 is 15.5 Å². The quantitative estimate of drug-likeness (QED) is 0.710. The number of aromatic nitrogens is 1. The summed E-state index contributed by atoms with van der Waals surface area (Å²) < 4.78 is 0. The van der Waals surface area contributed by atoms with Gasteiger partial charge in [-0.1, -0.05) is 18.2 Å². The summed E-state index contributed by atoms with van der Waals surface area (Å²) in [6.45, 7) is 3.67. The SMILES string of the molecule is CC(C)NC(=O)C(=O)[C@@H]1CCCN1C(=O)CNC(=O)c1ccnc2ccccc12. The summed E-state index contributed by atoms with van der Waals surface area (Å²) in [5.74, 6) is -2.07. The van der Waals surface area contributed by atoms with Gasteiger partial charge in [-0.15, -0.1) is 0 Å². The molecule has 0 saturated carbocycles. The van der Waals surface area contributed by atoms with E-state index < -0.39 is 23.6 Å². The normalized spacial score (nSPS) is 16.1. The highest BCUT2D eigenvalue weighted by molar-refractivity contribution is 6.38. The number of pyridine rings is 1. The summed E-state index contributed by atoms with van der Waals surface area (Å²) in [7, 11) is 0. The molecule has 0 spiro atoms. The lowest BCUT2D eigenvalue weighted by molar-refractivity contribution is -0.144. The molecule has 152 valence electrons. The Hall–Kier alpha value is -3.29. The van der Waals surface area contributed by atoms with Gasteiger partial charge in [-0.2, -0.15) is 0 Å². The van der Waals surface area contributed by atoms with Gasteiger partial charge in [0.1, 0.15) is 6.04 Å². The fourth-order valence-corrected chi connectivity index (χ4v) is 3.47. The van der Waals surface area contributed by atoms with Crippen molar-refractivity contribution >= 4 is 34.4 Å². The van der Waals surface area contributed by atoms with E-state index in [1.165, 1.54) is 4.90 Å². The third-order valence-corrected chi connectivity index (χ3v) is 4.81. The van der Waals surface area contributed by atoms with Crippen LogP contribution in [0.25, 0.3) is 10.9 Å². The maximum atomic E-state index is 12.6.